The van der Waals surface area contributed by atoms with Crippen molar-refractivity contribution in [3.05, 3.63) is 45.1 Å². The van der Waals surface area contributed by atoms with Crippen LogP contribution >= 0.6 is 22.9 Å². The van der Waals surface area contributed by atoms with Crippen LogP contribution in [-0.2, 0) is 16.4 Å². The molecule has 1 aromatic carbocycles. The molecule has 5 nitrogen and oxygen atoms in total. The first-order chi connectivity index (χ1) is 12.0. The summed E-state index contributed by atoms with van der Waals surface area (Å²) < 4.78 is 33.5. The van der Waals surface area contributed by atoms with Crippen LogP contribution in [0.4, 0.5) is 0 Å². The Kier molecular flexibility index (Phi) is 4.54. The van der Waals surface area contributed by atoms with E-state index in [0.29, 0.717) is 36.9 Å². The van der Waals surface area contributed by atoms with E-state index in [9.17, 15) is 13.5 Å². The molecule has 1 aromatic heterocycles. The predicted molar refractivity (Wildman–Crippen MR) is 97.0 cm³/mol. The third-order valence-electron chi connectivity index (χ3n) is 4.95. The minimum Gasteiger partial charge on any atom is -0.492 e. The van der Waals surface area contributed by atoms with Crippen LogP contribution in [0.5, 0.6) is 5.75 Å². The number of aliphatic hydroxyl groups is 1. The first-order valence-electron chi connectivity index (χ1n) is 8.09. The van der Waals surface area contributed by atoms with Crippen molar-refractivity contribution in [2.75, 3.05) is 26.3 Å². The van der Waals surface area contributed by atoms with Crippen molar-refractivity contribution in [3.8, 4) is 5.75 Å². The number of rotatable bonds is 4. The van der Waals surface area contributed by atoms with Gasteiger partial charge in [-0.1, -0.05) is 11.6 Å². The third-order valence-corrected chi connectivity index (χ3v) is 7.70. The fourth-order valence-corrected chi connectivity index (χ4v) is 6.40. The number of halogens is 1. The van der Waals surface area contributed by atoms with Gasteiger partial charge in [-0.2, -0.15) is 15.6 Å². The Hall–Kier alpha value is -1.12. The molecular weight excluding hydrogens is 382 g/mol. The Morgan fingerprint density at radius 1 is 1.36 bits per heavy atom. The second-order valence-corrected chi connectivity index (χ2v) is 9.54. The van der Waals surface area contributed by atoms with E-state index in [2.05, 4.69) is 0 Å². The lowest BCUT2D eigenvalue weighted by atomic mass is 9.92. The van der Waals surface area contributed by atoms with Crippen LogP contribution < -0.4 is 4.74 Å². The number of thiophene rings is 1. The summed E-state index contributed by atoms with van der Waals surface area (Å²) in [6, 6.07) is 5.22. The molecule has 25 heavy (non-hydrogen) atoms. The molecule has 0 spiro atoms. The van der Waals surface area contributed by atoms with Gasteiger partial charge < -0.3 is 9.84 Å². The maximum atomic E-state index is 13.2. The average Bonchev–Trinajstić information content (AvgIpc) is 3.32. The quantitative estimate of drug-likeness (QED) is 0.858. The second kappa shape index (κ2) is 6.55. The molecule has 1 fully saturated rings. The molecule has 2 aliphatic heterocycles. The summed E-state index contributed by atoms with van der Waals surface area (Å²) in [7, 11) is -3.74. The zero-order chi connectivity index (χ0) is 17.6. The first kappa shape index (κ1) is 17.3. The van der Waals surface area contributed by atoms with E-state index < -0.39 is 10.0 Å². The monoisotopic (exact) mass is 399 g/mol. The third kappa shape index (κ3) is 2.98. The van der Waals surface area contributed by atoms with E-state index in [1.165, 1.54) is 10.4 Å². The molecule has 2 atom stereocenters. The molecule has 0 unspecified atom stereocenters. The normalized spacial score (nSPS) is 23.6. The van der Waals surface area contributed by atoms with E-state index >= 15 is 0 Å². The van der Waals surface area contributed by atoms with Crippen molar-refractivity contribution in [2.24, 2.45) is 5.92 Å². The van der Waals surface area contributed by atoms with E-state index in [-0.39, 0.29) is 23.3 Å². The van der Waals surface area contributed by atoms with Crippen LogP contribution in [0.2, 0.25) is 5.02 Å². The highest BCUT2D eigenvalue weighted by Gasteiger charge is 2.41. The van der Waals surface area contributed by atoms with Crippen molar-refractivity contribution < 1.29 is 18.3 Å². The van der Waals surface area contributed by atoms with Gasteiger partial charge in [0.25, 0.3) is 0 Å². The highest BCUT2D eigenvalue weighted by molar-refractivity contribution is 7.89. The van der Waals surface area contributed by atoms with Crippen molar-refractivity contribution in [2.45, 2.75) is 17.2 Å². The van der Waals surface area contributed by atoms with Crippen LogP contribution in [-0.4, -0.2) is 44.1 Å². The molecule has 2 aliphatic rings. The van der Waals surface area contributed by atoms with Gasteiger partial charge >= 0.3 is 0 Å². The minimum atomic E-state index is -3.74. The van der Waals surface area contributed by atoms with Gasteiger partial charge in [0.2, 0.25) is 10.0 Å². The molecule has 0 amide bonds. The summed E-state index contributed by atoms with van der Waals surface area (Å²) >= 11 is 7.71. The minimum absolute atomic E-state index is 0.000763. The fourth-order valence-electron chi connectivity index (χ4n) is 3.64. The topological polar surface area (TPSA) is 66.8 Å². The van der Waals surface area contributed by atoms with Crippen LogP contribution in [0, 0.1) is 5.92 Å². The predicted octanol–water partition coefficient (Wildman–Crippen LogP) is 2.73. The van der Waals surface area contributed by atoms with Gasteiger partial charge in [-0.15, -0.1) is 0 Å². The molecule has 0 radical (unpaired) electrons. The largest absolute Gasteiger partial charge is 0.492 e. The number of nitrogens with zero attached hydrogens (tertiary/aromatic N) is 1. The number of fused-ring (bicyclic) bond motifs is 1. The summed E-state index contributed by atoms with van der Waals surface area (Å²) in [5.74, 6) is 0.306. The SMILES string of the molecule is O=S(=O)(c1cc(Cl)cc2c1OCC2)N1C[C@@H](CO)[C@H](c2ccsc2)C1. The van der Waals surface area contributed by atoms with Gasteiger partial charge in [-0.3, -0.25) is 0 Å². The molecule has 0 saturated carbocycles. The molecule has 0 aliphatic carbocycles. The van der Waals surface area contributed by atoms with Crippen LogP contribution in [0.15, 0.2) is 33.9 Å². The number of hydrogen-bond acceptors (Lipinski definition) is 5. The molecule has 1 N–H and O–H groups in total. The summed E-state index contributed by atoms with van der Waals surface area (Å²) in [6.45, 7) is 1.07. The fraction of sp³-hybridized carbons (Fsp3) is 0.412. The zero-order valence-corrected chi connectivity index (χ0v) is 15.8. The number of aliphatic hydroxyl groups excluding tert-OH is 1. The Morgan fingerprint density at radius 2 is 2.20 bits per heavy atom. The van der Waals surface area contributed by atoms with E-state index in [0.717, 1.165) is 11.1 Å². The standard InChI is InChI=1S/C17H18ClNO4S2/c18-14-5-11-1-3-23-17(11)16(6-14)25(21,22)19-7-13(9-20)15(8-19)12-2-4-24-10-12/h2,4-6,10,13,15,20H,1,3,7-9H2/t13-,15-/m0/s1. The Balaban J connectivity index is 1.70. The van der Waals surface area contributed by atoms with Crippen LogP contribution in [0.3, 0.4) is 0 Å². The number of ether oxygens (including phenoxy) is 1. The van der Waals surface area contributed by atoms with Gasteiger partial charge in [0, 0.05) is 48.5 Å². The lowest BCUT2D eigenvalue weighted by molar-refractivity contribution is 0.223. The summed E-state index contributed by atoms with van der Waals surface area (Å²) in [5.41, 5.74) is 1.91. The van der Waals surface area contributed by atoms with Crippen molar-refractivity contribution in [1.29, 1.82) is 0 Å². The van der Waals surface area contributed by atoms with Gasteiger partial charge in [0.05, 0.1) is 6.61 Å². The van der Waals surface area contributed by atoms with Crippen molar-refractivity contribution in [3.63, 3.8) is 0 Å². The maximum absolute atomic E-state index is 13.2. The molecule has 4 rings (SSSR count). The lowest BCUT2D eigenvalue weighted by Gasteiger charge is -2.18. The molecule has 0 bridgehead atoms. The Morgan fingerprint density at radius 3 is 2.92 bits per heavy atom. The van der Waals surface area contributed by atoms with Crippen LogP contribution in [0.25, 0.3) is 0 Å². The molecule has 2 aromatic rings. The number of sulfonamides is 1. The molecule has 3 heterocycles. The maximum Gasteiger partial charge on any atom is 0.246 e. The smallest absolute Gasteiger partial charge is 0.246 e. The van der Waals surface area contributed by atoms with E-state index in [1.807, 2.05) is 16.8 Å². The van der Waals surface area contributed by atoms with Crippen LogP contribution in [0.1, 0.15) is 17.0 Å². The van der Waals surface area contributed by atoms with Gasteiger partial charge in [-0.25, -0.2) is 8.42 Å². The van der Waals surface area contributed by atoms with Gasteiger partial charge in [-0.05, 0) is 34.5 Å². The van der Waals surface area contributed by atoms with Crippen molar-refractivity contribution >= 4 is 33.0 Å². The van der Waals surface area contributed by atoms with Gasteiger partial charge in [0.15, 0.2) is 0 Å². The van der Waals surface area contributed by atoms with E-state index in [4.69, 9.17) is 16.3 Å². The summed E-state index contributed by atoms with van der Waals surface area (Å²) in [4.78, 5) is 0.134. The number of hydrogen-bond donors (Lipinski definition) is 1. The van der Waals surface area contributed by atoms with Gasteiger partial charge in [0.1, 0.15) is 10.6 Å². The number of benzene rings is 1. The zero-order valence-electron chi connectivity index (χ0n) is 13.4. The highest BCUT2D eigenvalue weighted by Crippen LogP contribution is 2.41. The Bertz CT molecular complexity index is 882. The molecule has 134 valence electrons. The second-order valence-electron chi connectivity index (χ2n) is 6.42. The first-order valence-corrected chi connectivity index (χ1v) is 10.8. The summed E-state index contributed by atoms with van der Waals surface area (Å²) in [5, 5.41) is 14.1. The lowest BCUT2D eigenvalue weighted by Crippen LogP contribution is -2.29. The summed E-state index contributed by atoms with van der Waals surface area (Å²) in [6.07, 6.45) is 0.662. The average molecular weight is 400 g/mol. The molecular formula is C17H18ClNO4S2. The highest BCUT2D eigenvalue weighted by atomic mass is 35.5. The van der Waals surface area contributed by atoms with Crippen molar-refractivity contribution in [1.82, 2.24) is 4.31 Å². The Labute approximate surface area is 155 Å². The molecule has 1 saturated heterocycles. The van der Waals surface area contributed by atoms with E-state index in [1.54, 1.807) is 17.4 Å². The molecule has 8 heteroatoms.